The molecule has 6 heteroatoms. The number of hydrogen-bond acceptors (Lipinski definition) is 3. The highest BCUT2D eigenvalue weighted by molar-refractivity contribution is 7.98. The predicted molar refractivity (Wildman–Crippen MR) is 88.7 cm³/mol. The molecular weight excluding hydrogens is 270 g/mol. The Morgan fingerprint density at radius 3 is 2.65 bits per heavy atom. The lowest BCUT2D eigenvalue weighted by Gasteiger charge is -2.11. The monoisotopic (exact) mass is 297 g/mol. The van der Waals surface area contributed by atoms with E-state index >= 15 is 0 Å². The highest BCUT2D eigenvalue weighted by Crippen LogP contribution is 2.11. The Bertz CT molecular complexity index is 439. The summed E-state index contributed by atoms with van der Waals surface area (Å²) < 4.78 is 1.95. The summed E-state index contributed by atoms with van der Waals surface area (Å²) in [4.78, 5) is 4.54. The number of hydrogen-bond donors (Lipinski definition) is 2. The molecule has 2 N–H and O–H groups in total. The first kappa shape index (κ1) is 16.9. The summed E-state index contributed by atoms with van der Waals surface area (Å²) in [5.41, 5.74) is 3.70. The number of aryl methyl sites for hydroxylation is 2. The molecule has 0 bridgehead atoms. The van der Waals surface area contributed by atoms with Crippen LogP contribution in [0.25, 0.3) is 0 Å². The summed E-state index contributed by atoms with van der Waals surface area (Å²) in [5.74, 6) is 1.96. The van der Waals surface area contributed by atoms with E-state index in [-0.39, 0.29) is 0 Å². The molecule has 0 unspecified atom stereocenters. The zero-order valence-electron chi connectivity index (χ0n) is 13.3. The van der Waals surface area contributed by atoms with Crippen LogP contribution in [0.2, 0.25) is 0 Å². The average Bonchev–Trinajstić information content (AvgIpc) is 2.65. The topological polar surface area (TPSA) is 54.2 Å². The molecule has 1 rings (SSSR count). The Kier molecular flexibility index (Phi) is 7.51. The minimum atomic E-state index is 0.849. The Labute approximate surface area is 126 Å². The zero-order valence-corrected chi connectivity index (χ0v) is 14.1. The van der Waals surface area contributed by atoms with Gasteiger partial charge in [-0.1, -0.05) is 0 Å². The number of aromatic nitrogens is 2. The van der Waals surface area contributed by atoms with E-state index in [0.29, 0.717) is 0 Å². The van der Waals surface area contributed by atoms with Gasteiger partial charge >= 0.3 is 0 Å². The minimum Gasteiger partial charge on any atom is -0.357 e. The molecule has 0 aliphatic rings. The molecule has 0 amide bonds. The van der Waals surface area contributed by atoms with Crippen LogP contribution < -0.4 is 10.6 Å². The third-order valence-corrected chi connectivity index (χ3v) is 3.83. The molecule has 1 heterocycles. The van der Waals surface area contributed by atoms with Crippen molar-refractivity contribution < 1.29 is 0 Å². The smallest absolute Gasteiger partial charge is 0.191 e. The average molecular weight is 297 g/mol. The van der Waals surface area contributed by atoms with Crippen molar-refractivity contribution in [2.24, 2.45) is 12.0 Å². The molecule has 20 heavy (non-hydrogen) atoms. The maximum absolute atomic E-state index is 4.54. The van der Waals surface area contributed by atoms with Crippen molar-refractivity contribution in [3.8, 4) is 0 Å². The zero-order chi connectivity index (χ0) is 15.0. The summed E-state index contributed by atoms with van der Waals surface area (Å²) in [7, 11) is 1.99. The molecule has 1 aromatic rings. The number of aliphatic imine (C=N–C) groups is 1. The largest absolute Gasteiger partial charge is 0.357 e. The second-order valence-electron chi connectivity index (χ2n) is 4.70. The van der Waals surface area contributed by atoms with Gasteiger partial charge in [-0.2, -0.15) is 16.9 Å². The molecule has 1 aromatic heterocycles. The Morgan fingerprint density at radius 2 is 2.10 bits per heavy atom. The van der Waals surface area contributed by atoms with E-state index in [9.17, 15) is 0 Å². The first-order chi connectivity index (χ1) is 9.60. The van der Waals surface area contributed by atoms with Crippen molar-refractivity contribution in [1.82, 2.24) is 20.4 Å². The highest BCUT2D eigenvalue weighted by atomic mass is 32.2. The van der Waals surface area contributed by atoms with Crippen molar-refractivity contribution in [3.05, 3.63) is 17.0 Å². The Hall–Kier alpha value is -1.17. The van der Waals surface area contributed by atoms with Crippen molar-refractivity contribution in [2.75, 3.05) is 31.6 Å². The van der Waals surface area contributed by atoms with Gasteiger partial charge in [-0.15, -0.1) is 0 Å². The summed E-state index contributed by atoms with van der Waals surface area (Å²) in [5, 5.41) is 11.1. The lowest BCUT2D eigenvalue weighted by atomic mass is 10.1. The van der Waals surface area contributed by atoms with Crippen LogP contribution in [-0.2, 0) is 13.5 Å². The fraction of sp³-hybridized carbons (Fsp3) is 0.714. The van der Waals surface area contributed by atoms with Gasteiger partial charge < -0.3 is 10.6 Å². The van der Waals surface area contributed by atoms with E-state index < -0.39 is 0 Å². The molecule has 0 radical (unpaired) electrons. The molecule has 0 atom stereocenters. The number of nitrogens with zero attached hydrogens (tertiary/aromatic N) is 3. The molecule has 0 saturated carbocycles. The fourth-order valence-corrected chi connectivity index (χ4v) is 2.35. The molecule has 0 spiro atoms. The predicted octanol–water partition coefficient (Wildman–Crippen LogP) is 1.50. The fourth-order valence-electron chi connectivity index (χ4n) is 2.08. The summed E-state index contributed by atoms with van der Waals surface area (Å²) >= 11 is 1.82. The van der Waals surface area contributed by atoms with Gasteiger partial charge in [-0.25, -0.2) is 0 Å². The van der Waals surface area contributed by atoms with Crippen LogP contribution in [-0.4, -0.2) is 47.4 Å². The van der Waals surface area contributed by atoms with Gasteiger partial charge in [-0.3, -0.25) is 9.67 Å². The molecule has 5 nitrogen and oxygen atoms in total. The van der Waals surface area contributed by atoms with E-state index in [1.165, 1.54) is 11.3 Å². The van der Waals surface area contributed by atoms with Crippen LogP contribution >= 0.6 is 11.8 Å². The quantitative estimate of drug-likeness (QED) is 0.455. The van der Waals surface area contributed by atoms with Crippen LogP contribution in [0.4, 0.5) is 0 Å². The molecule has 0 aromatic carbocycles. The van der Waals surface area contributed by atoms with Crippen molar-refractivity contribution >= 4 is 17.7 Å². The van der Waals surface area contributed by atoms with Crippen LogP contribution in [0.15, 0.2) is 4.99 Å². The van der Waals surface area contributed by atoms with Crippen LogP contribution in [0.1, 0.15) is 23.9 Å². The first-order valence-corrected chi connectivity index (χ1v) is 8.49. The van der Waals surface area contributed by atoms with Crippen molar-refractivity contribution in [1.29, 1.82) is 0 Å². The molecule has 0 saturated heterocycles. The number of nitrogens with one attached hydrogen (secondary N) is 2. The highest BCUT2D eigenvalue weighted by Gasteiger charge is 2.08. The second kappa shape index (κ2) is 8.89. The van der Waals surface area contributed by atoms with E-state index in [1.807, 2.05) is 23.5 Å². The van der Waals surface area contributed by atoms with Crippen molar-refractivity contribution in [3.63, 3.8) is 0 Å². The van der Waals surface area contributed by atoms with Crippen LogP contribution in [0.3, 0.4) is 0 Å². The van der Waals surface area contributed by atoms with E-state index in [1.54, 1.807) is 0 Å². The SMILES string of the molecule is CCNC(=NCCSC)NCCc1c(C)nn(C)c1C. The molecule has 0 aliphatic heterocycles. The summed E-state index contributed by atoms with van der Waals surface area (Å²) in [6.45, 7) is 8.88. The number of rotatable bonds is 7. The van der Waals surface area contributed by atoms with E-state index in [0.717, 1.165) is 43.5 Å². The van der Waals surface area contributed by atoms with Gasteiger partial charge in [0.25, 0.3) is 0 Å². The van der Waals surface area contributed by atoms with Crippen LogP contribution in [0.5, 0.6) is 0 Å². The maximum Gasteiger partial charge on any atom is 0.191 e. The lowest BCUT2D eigenvalue weighted by Crippen LogP contribution is -2.38. The molecule has 0 aliphatic carbocycles. The van der Waals surface area contributed by atoms with Gasteiger partial charge in [0.1, 0.15) is 0 Å². The van der Waals surface area contributed by atoms with Crippen LogP contribution in [0, 0.1) is 13.8 Å². The van der Waals surface area contributed by atoms with Gasteiger partial charge in [0.2, 0.25) is 0 Å². The van der Waals surface area contributed by atoms with Gasteiger partial charge in [0.15, 0.2) is 5.96 Å². The summed E-state index contributed by atoms with van der Waals surface area (Å²) in [6.07, 6.45) is 3.07. The minimum absolute atomic E-state index is 0.849. The van der Waals surface area contributed by atoms with Gasteiger partial charge in [0.05, 0.1) is 12.2 Å². The maximum atomic E-state index is 4.54. The first-order valence-electron chi connectivity index (χ1n) is 7.10. The van der Waals surface area contributed by atoms with Gasteiger partial charge in [0, 0.05) is 31.6 Å². The number of guanidine groups is 1. The number of thioether (sulfide) groups is 1. The summed E-state index contributed by atoms with van der Waals surface area (Å²) in [6, 6.07) is 0. The third kappa shape index (κ3) is 5.07. The standard InChI is InChI=1S/C14H27N5S/c1-6-15-14(17-9-10-20-5)16-8-7-13-11(2)18-19(4)12(13)3/h6-10H2,1-5H3,(H2,15,16,17). The molecule has 0 fully saturated rings. The van der Waals surface area contributed by atoms with Gasteiger partial charge in [-0.05, 0) is 39.0 Å². The Morgan fingerprint density at radius 1 is 1.35 bits per heavy atom. The van der Waals surface area contributed by atoms with Crippen molar-refractivity contribution in [2.45, 2.75) is 27.2 Å². The normalized spacial score (nSPS) is 11.8. The van der Waals surface area contributed by atoms with E-state index in [4.69, 9.17) is 0 Å². The Balaban J connectivity index is 2.49. The third-order valence-electron chi connectivity index (χ3n) is 3.24. The molecular formula is C14H27N5S. The lowest BCUT2D eigenvalue weighted by molar-refractivity contribution is 0.729. The van der Waals surface area contributed by atoms with E-state index in [2.05, 4.69) is 47.8 Å². The second-order valence-corrected chi connectivity index (χ2v) is 5.69. The molecule has 114 valence electrons.